The summed E-state index contributed by atoms with van der Waals surface area (Å²) < 4.78 is 0. The zero-order valence-corrected chi connectivity index (χ0v) is 8.08. The number of hydroxylamine groups is 2. The summed E-state index contributed by atoms with van der Waals surface area (Å²) in [6, 6.07) is 2.49. The van der Waals surface area contributed by atoms with Crippen molar-refractivity contribution < 1.29 is 4.84 Å². The highest BCUT2D eigenvalue weighted by Gasteiger charge is 2.51. The first kappa shape index (κ1) is 8.58. The van der Waals surface area contributed by atoms with E-state index in [2.05, 4.69) is 26.5 Å². The summed E-state index contributed by atoms with van der Waals surface area (Å²) in [6.07, 6.45) is 2.12. The van der Waals surface area contributed by atoms with Crippen molar-refractivity contribution in [2.24, 2.45) is 5.92 Å². The second kappa shape index (κ2) is 2.49. The van der Waals surface area contributed by atoms with Crippen LogP contribution in [0.3, 0.4) is 0 Å². The quantitative estimate of drug-likeness (QED) is 0.567. The topological polar surface area (TPSA) is 36.3 Å². The number of rotatable bonds is 0. The van der Waals surface area contributed by atoms with E-state index in [1.165, 1.54) is 0 Å². The number of nitrogens with zero attached hydrogens (tertiary/aromatic N) is 2. The first-order valence-electron chi connectivity index (χ1n) is 4.62. The van der Waals surface area contributed by atoms with E-state index in [0.29, 0.717) is 5.76 Å². The summed E-state index contributed by atoms with van der Waals surface area (Å²) in [7, 11) is 0. The third kappa shape index (κ3) is 1.06. The van der Waals surface area contributed by atoms with E-state index in [0.717, 1.165) is 12.8 Å². The molecule has 0 amide bonds. The van der Waals surface area contributed by atoms with Crippen LogP contribution in [0.1, 0.15) is 26.7 Å². The van der Waals surface area contributed by atoms with Gasteiger partial charge in [0.15, 0.2) is 0 Å². The first-order valence-corrected chi connectivity index (χ1v) is 4.62. The van der Waals surface area contributed by atoms with Crippen molar-refractivity contribution in [1.82, 2.24) is 5.06 Å². The van der Waals surface area contributed by atoms with E-state index >= 15 is 0 Å². The van der Waals surface area contributed by atoms with Gasteiger partial charge in [-0.25, -0.2) is 0 Å². The molecule has 2 saturated heterocycles. The van der Waals surface area contributed by atoms with Gasteiger partial charge >= 0.3 is 0 Å². The third-order valence-corrected chi connectivity index (χ3v) is 3.04. The second-order valence-corrected chi connectivity index (χ2v) is 4.41. The summed E-state index contributed by atoms with van der Waals surface area (Å²) in [5.74, 6) is 0.474. The summed E-state index contributed by atoms with van der Waals surface area (Å²) in [5.41, 5.74) is 0.0548. The molecule has 2 rings (SSSR count). The van der Waals surface area contributed by atoms with Gasteiger partial charge in [-0.05, 0) is 26.7 Å². The Labute approximate surface area is 78.5 Å². The molecule has 13 heavy (non-hydrogen) atoms. The van der Waals surface area contributed by atoms with Crippen LogP contribution < -0.4 is 0 Å². The first-order chi connectivity index (χ1) is 6.06. The van der Waals surface area contributed by atoms with Gasteiger partial charge in [0.05, 0.1) is 17.6 Å². The molecule has 2 atom stereocenters. The predicted octanol–water partition coefficient (Wildman–Crippen LogP) is 1.83. The Balaban J connectivity index is 2.28. The SMILES string of the molecule is C=C1ON2C(CCC2(C)C)C1C#N. The zero-order valence-electron chi connectivity index (χ0n) is 8.08. The average Bonchev–Trinajstić information content (AvgIpc) is 2.50. The standard InChI is InChI=1S/C10H14N2O/c1-7-8(6-11)9-4-5-10(2,3)12(9)13-7/h8-9H,1,4-5H2,2-3H3. The Morgan fingerprint density at radius 3 is 3.00 bits per heavy atom. The van der Waals surface area contributed by atoms with Crippen molar-refractivity contribution in [3.8, 4) is 6.07 Å². The van der Waals surface area contributed by atoms with Crippen LogP contribution in [0.4, 0.5) is 0 Å². The molecular weight excluding hydrogens is 164 g/mol. The normalized spacial score (nSPS) is 36.8. The number of nitriles is 1. The molecule has 0 radical (unpaired) electrons. The van der Waals surface area contributed by atoms with Gasteiger partial charge in [-0.2, -0.15) is 5.26 Å². The lowest BCUT2D eigenvalue weighted by Gasteiger charge is -2.28. The largest absolute Gasteiger partial charge is 0.409 e. The summed E-state index contributed by atoms with van der Waals surface area (Å²) in [5, 5.41) is 10.9. The molecule has 0 bridgehead atoms. The Morgan fingerprint density at radius 2 is 2.38 bits per heavy atom. The maximum atomic E-state index is 8.94. The molecule has 2 unspecified atom stereocenters. The van der Waals surface area contributed by atoms with Crippen LogP contribution in [0.15, 0.2) is 12.3 Å². The summed E-state index contributed by atoms with van der Waals surface area (Å²) in [4.78, 5) is 5.52. The van der Waals surface area contributed by atoms with Crippen molar-refractivity contribution in [3.05, 3.63) is 12.3 Å². The van der Waals surface area contributed by atoms with Crippen LogP contribution in [0.25, 0.3) is 0 Å². The van der Waals surface area contributed by atoms with Crippen LogP contribution in [-0.2, 0) is 4.84 Å². The number of fused-ring (bicyclic) bond motifs is 1. The van der Waals surface area contributed by atoms with Crippen LogP contribution in [-0.4, -0.2) is 16.6 Å². The van der Waals surface area contributed by atoms with Gasteiger partial charge in [0.1, 0.15) is 11.7 Å². The maximum absolute atomic E-state index is 8.94. The molecule has 0 aromatic heterocycles. The second-order valence-electron chi connectivity index (χ2n) is 4.41. The molecule has 0 aromatic rings. The van der Waals surface area contributed by atoms with Crippen molar-refractivity contribution in [1.29, 1.82) is 5.26 Å². The predicted molar refractivity (Wildman–Crippen MR) is 48.3 cm³/mol. The van der Waals surface area contributed by atoms with Gasteiger partial charge in [-0.15, -0.1) is 5.06 Å². The minimum Gasteiger partial charge on any atom is -0.409 e. The maximum Gasteiger partial charge on any atom is 0.136 e. The van der Waals surface area contributed by atoms with Crippen molar-refractivity contribution >= 4 is 0 Å². The van der Waals surface area contributed by atoms with Gasteiger partial charge in [-0.3, -0.25) is 0 Å². The lowest BCUT2D eigenvalue weighted by molar-refractivity contribution is -0.147. The molecule has 70 valence electrons. The highest BCUT2D eigenvalue weighted by atomic mass is 16.7. The van der Waals surface area contributed by atoms with Gasteiger partial charge in [0, 0.05) is 0 Å². The molecule has 2 fully saturated rings. The molecule has 0 saturated carbocycles. The zero-order chi connectivity index (χ0) is 9.64. The smallest absolute Gasteiger partial charge is 0.136 e. The van der Waals surface area contributed by atoms with Gasteiger partial charge in [0.2, 0.25) is 0 Å². The molecule has 0 N–H and O–H groups in total. The fourth-order valence-electron chi connectivity index (χ4n) is 2.23. The van der Waals surface area contributed by atoms with E-state index < -0.39 is 0 Å². The molecule has 2 aliphatic rings. The van der Waals surface area contributed by atoms with Crippen molar-refractivity contribution in [2.75, 3.05) is 0 Å². The van der Waals surface area contributed by atoms with Gasteiger partial charge in [0.25, 0.3) is 0 Å². The molecule has 0 aromatic carbocycles. The Bertz CT molecular complexity index is 290. The van der Waals surface area contributed by atoms with Crippen LogP contribution in [0.2, 0.25) is 0 Å². The number of hydrogen-bond acceptors (Lipinski definition) is 3. The molecule has 2 heterocycles. The Morgan fingerprint density at radius 1 is 1.69 bits per heavy atom. The van der Waals surface area contributed by atoms with Crippen LogP contribution >= 0.6 is 0 Å². The van der Waals surface area contributed by atoms with Crippen molar-refractivity contribution in [2.45, 2.75) is 38.3 Å². The fourth-order valence-corrected chi connectivity index (χ4v) is 2.23. The minimum atomic E-state index is -0.137. The third-order valence-electron chi connectivity index (χ3n) is 3.04. The molecule has 3 nitrogen and oxygen atoms in total. The minimum absolute atomic E-state index is 0.0548. The highest BCUT2D eigenvalue weighted by Crippen LogP contribution is 2.44. The molecular formula is C10H14N2O. The van der Waals surface area contributed by atoms with E-state index in [4.69, 9.17) is 10.1 Å². The van der Waals surface area contributed by atoms with Crippen LogP contribution in [0.5, 0.6) is 0 Å². The fraction of sp³-hybridized carbons (Fsp3) is 0.700. The van der Waals surface area contributed by atoms with Gasteiger partial charge in [-0.1, -0.05) is 6.58 Å². The Kier molecular flexibility index (Phi) is 1.64. The lowest BCUT2D eigenvalue weighted by Crippen LogP contribution is -2.39. The van der Waals surface area contributed by atoms with E-state index in [-0.39, 0.29) is 17.5 Å². The average molecular weight is 178 g/mol. The molecule has 0 spiro atoms. The van der Waals surface area contributed by atoms with E-state index in [1.54, 1.807) is 0 Å². The molecule has 0 aliphatic carbocycles. The van der Waals surface area contributed by atoms with Crippen molar-refractivity contribution in [3.63, 3.8) is 0 Å². The lowest BCUT2D eigenvalue weighted by atomic mass is 9.98. The number of hydrogen-bond donors (Lipinski definition) is 0. The van der Waals surface area contributed by atoms with E-state index in [9.17, 15) is 0 Å². The summed E-state index contributed by atoms with van der Waals surface area (Å²) in [6.45, 7) is 8.05. The monoisotopic (exact) mass is 178 g/mol. The van der Waals surface area contributed by atoms with Gasteiger partial charge < -0.3 is 4.84 Å². The summed E-state index contributed by atoms with van der Waals surface area (Å²) >= 11 is 0. The highest BCUT2D eigenvalue weighted by molar-refractivity contribution is 5.16. The Hall–Kier alpha value is -1.01. The van der Waals surface area contributed by atoms with Crippen LogP contribution in [0, 0.1) is 17.2 Å². The molecule has 2 aliphatic heterocycles. The molecule has 3 heteroatoms. The van der Waals surface area contributed by atoms with E-state index in [1.807, 2.05) is 5.06 Å².